The molecular weight excluding hydrogens is 324 g/mol. The molecule has 0 unspecified atom stereocenters. The zero-order chi connectivity index (χ0) is 16.8. The van der Waals surface area contributed by atoms with E-state index in [-0.39, 0.29) is 5.91 Å². The first kappa shape index (κ1) is 16.6. The summed E-state index contributed by atoms with van der Waals surface area (Å²) in [4.78, 5) is 14.2. The van der Waals surface area contributed by atoms with Gasteiger partial charge in [-0.2, -0.15) is 0 Å². The molecule has 0 atom stereocenters. The number of hydrogen-bond acceptors (Lipinski definition) is 3. The van der Waals surface area contributed by atoms with E-state index < -0.39 is 0 Å². The van der Waals surface area contributed by atoms with Crippen molar-refractivity contribution >= 4 is 35.0 Å². The molecule has 1 N–H and O–H groups in total. The molecule has 1 aliphatic heterocycles. The van der Waals surface area contributed by atoms with Crippen molar-refractivity contribution in [3.05, 3.63) is 65.2 Å². The minimum atomic E-state index is -0.186. The number of carbonyl (C=O) groups excluding carboxylic acids is 1. The van der Waals surface area contributed by atoms with E-state index in [1.807, 2.05) is 42.5 Å². The summed E-state index contributed by atoms with van der Waals surface area (Å²) in [5, 5.41) is 3.46. The average Bonchev–Trinajstić information content (AvgIpc) is 2.62. The summed E-state index contributed by atoms with van der Waals surface area (Å²) in [7, 11) is 0. The van der Waals surface area contributed by atoms with Gasteiger partial charge in [0.1, 0.15) is 0 Å². The number of carbonyl (C=O) groups is 1. The van der Waals surface area contributed by atoms with Gasteiger partial charge in [0.2, 0.25) is 5.91 Å². The Morgan fingerprint density at radius 3 is 2.58 bits per heavy atom. The van der Waals surface area contributed by atoms with E-state index in [2.05, 4.69) is 10.2 Å². The van der Waals surface area contributed by atoms with E-state index in [1.54, 1.807) is 12.1 Å². The third-order valence-corrected chi connectivity index (χ3v) is 4.10. The van der Waals surface area contributed by atoms with E-state index in [1.165, 1.54) is 6.08 Å². The fourth-order valence-electron chi connectivity index (χ4n) is 2.57. The molecule has 1 aliphatic rings. The molecule has 124 valence electrons. The Morgan fingerprint density at radius 2 is 1.88 bits per heavy atom. The van der Waals surface area contributed by atoms with Crippen LogP contribution in [-0.2, 0) is 9.53 Å². The van der Waals surface area contributed by atoms with Crippen LogP contribution in [0.25, 0.3) is 6.08 Å². The first-order valence-corrected chi connectivity index (χ1v) is 8.26. The Hall–Kier alpha value is -2.30. The molecule has 0 aliphatic carbocycles. The van der Waals surface area contributed by atoms with Crippen LogP contribution in [0, 0.1) is 0 Å². The van der Waals surface area contributed by atoms with Crippen molar-refractivity contribution in [2.24, 2.45) is 0 Å². The molecule has 1 amide bonds. The second kappa shape index (κ2) is 7.99. The molecule has 1 fully saturated rings. The zero-order valence-corrected chi connectivity index (χ0v) is 14.0. The van der Waals surface area contributed by atoms with Crippen molar-refractivity contribution in [3.63, 3.8) is 0 Å². The van der Waals surface area contributed by atoms with Gasteiger partial charge in [-0.1, -0.05) is 41.9 Å². The second-order valence-electron chi connectivity index (χ2n) is 5.50. The van der Waals surface area contributed by atoms with Crippen molar-refractivity contribution in [2.75, 3.05) is 36.5 Å². The van der Waals surface area contributed by atoms with Crippen molar-refractivity contribution < 1.29 is 9.53 Å². The number of rotatable bonds is 4. The van der Waals surface area contributed by atoms with E-state index >= 15 is 0 Å². The first-order valence-electron chi connectivity index (χ1n) is 7.89. The maximum absolute atomic E-state index is 12.0. The van der Waals surface area contributed by atoms with E-state index in [0.717, 1.165) is 24.3 Å². The smallest absolute Gasteiger partial charge is 0.248 e. The molecule has 0 radical (unpaired) electrons. The van der Waals surface area contributed by atoms with E-state index in [4.69, 9.17) is 16.3 Å². The van der Waals surface area contributed by atoms with E-state index in [0.29, 0.717) is 23.9 Å². The summed E-state index contributed by atoms with van der Waals surface area (Å²) in [6.45, 7) is 3.06. The highest BCUT2D eigenvalue weighted by molar-refractivity contribution is 6.33. The van der Waals surface area contributed by atoms with Gasteiger partial charge in [-0.05, 0) is 29.8 Å². The second-order valence-corrected chi connectivity index (χ2v) is 5.91. The van der Waals surface area contributed by atoms with Crippen LogP contribution in [0.1, 0.15) is 5.56 Å². The van der Waals surface area contributed by atoms with Crippen molar-refractivity contribution in [3.8, 4) is 0 Å². The fraction of sp³-hybridized carbons (Fsp3) is 0.211. The van der Waals surface area contributed by atoms with Crippen molar-refractivity contribution in [1.82, 2.24) is 0 Å². The maximum Gasteiger partial charge on any atom is 0.248 e. The Balaban J connectivity index is 1.64. The molecule has 0 aromatic heterocycles. The monoisotopic (exact) mass is 342 g/mol. The third kappa shape index (κ3) is 4.37. The van der Waals surface area contributed by atoms with Crippen LogP contribution in [-0.4, -0.2) is 32.2 Å². The lowest BCUT2D eigenvalue weighted by Gasteiger charge is -2.29. The number of amides is 1. The number of halogens is 1. The lowest BCUT2D eigenvalue weighted by atomic mass is 10.2. The number of benzene rings is 2. The standard InChI is InChI=1S/C19H19ClN2O2/c20-17-14-16(7-8-18(17)22-10-12-24-13-11-22)21-19(23)9-6-15-4-2-1-3-5-15/h1-9,14H,10-13H2,(H,21,23)/b9-6+. The van der Waals surface area contributed by atoms with Crippen LogP contribution in [0.3, 0.4) is 0 Å². The Bertz CT molecular complexity index is 725. The first-order chi connectivity index (χ1) is 11.7. The molecule has 2 aromatic carbocycles. The van der Waals surface area contributed by atoms with Crippen molar-refractivity contribution in [2.45, 2.75) is 0 Å². The van der Waals surface area contributed by atoms with Gasteiger partial charge in [0.05, 0.1) is 23.9 Å². The summed E-state index contributed by atoms with van der Waals surface area (Å²) in [6.07, 6.45) is 3.29. The zero-order valence-electron chi connectivity index (χ0n) is 13.2. The molecule has 0 bridgehead atoms. The van der Waals surface area contributed by atoms with Crippen LogP contribution < -0.4 is 10.2 Å². The lowest BCUT2D eigenvalue weighted by molar-refractivity contribution is -0.111. The number of nitrogens with one attached hydrogen (secondary N) is 1. The van der Waals surface area contributed by atoms with Crippen LogP contribution in [0.5, 0.6) is 0 Å². The van der Waals surface area contributed by atoms with Gasteiger partial charge < -0.3 is 15.0 Å². The Labute approximate surface area is 146 Å². The van der Waals surface area contributed by atoms with Gasteiger partial charge in [-0.3, -0.25) is 4.79 Å². The molecule has 1 heterocycles. The molecule has 0 spiro atoms. The van der Waals surface area contributed by atoms with Crippen LogP contribution >= 0.6 is 11.6 Å². The van der Waals surface area contributed by atoms with Gasteiger partial charge in [-0.25, -0.2) is 0 Å². The van der Waals surface area contributed by atoms with Gasteiger partial charge in [0, 0.05) is 24.9 Å². The number of nitrogens with zero attached hydrogens (tertiary/aromatic N) is 1. The van der Waals surface area contributed by atoms with E-state index in [9.17, 15) is 4.79 Å². The molecule has 0 saturated carbocycles. The predicted octanol–water partition coefficient (Wildman–Crippen LogP) is 3.83. The largest absolute Gasteiger partial charge is 0.378 e. The van der Waals surface area contributed by atoms with Crippen LogP contribution in [0.2, 0.25) is 5.02 Å². The molecule has 5 heteroatoms. The average molecular weight is 343 g/mol. The number of anilines is 2. The summed E-state index contributed by atoms with van der Waals surface area (Å²) in [5.74, 6) is -0.186. The van der Waals surface area contributed by atoms with Gasteiger partial charge in [0.25, 0.3) is 0 Å². The summed E-state index contributed by atoms with van der Waals surface area (Å²) < 4.78 is 5.35. The maximum atomic E-state index is 12.0. The van der Waals surface area contributed by atoms with Crippen LogP contribution in [0.4, 0.5) is 11.4 Å². The molecule has 3 rings (SSSR count). The highest BCUT2D eigenvalue weighted by Gasteiger charge is 2.14. The predicted molar refractivity (Wildman–Crippen MR) is 98.6 cm³/mol. The number of hydrogen-bond donors (Lipinski definition) is 1. The Kier molecular flexibility index (Phi) is 5.51. The van der Waals surface area contributed by atoms with Crippen LogP contribution in [0.15, 0.2) is 54.6 Å². The molecule has 24 heavy (non-hydrogen) atoms. The summed E-state index contributed by atoms with van der Waals surface area (Å²) in [5.41, 5.74) is 2.63. The normalized spacial score (nSPS) is 14.8. The molecule has 1 saturated heterocycles. The summed E-state index contributed by atoms with van der Waals surface area (Å²) in [6, 6.07) is 15.3. The summed E-state index contributed by atoms with van der Waals surface area (Å²) >= 11 is 6.37. The highest BCUT2D eigenvalue weighted by Crippen LogP contribution is 2.29. The number of morpholine rings is 1. The quantitative estimate of drug-likeness (QED) is 0.859. The fourth-order valence-corrected chi connectivity index (χ4v) is 2.87. The topological polar surface area (TPSA) is 41.6 Å². The highest BCUT2D eigenvalue weighted by atomic mass is 35.5. The van der Waals surface area contributed by atoms with Gasteiger partial charge >= 0.3 is 0 Å². The molecular formula is C19H19ClN2O2. The SMILES string of the molecule is O=C(/C=C/c1ccccc1)Nc1ccc(N2CCOCC2)c(Cl)c1. The minimum absolute atomic E-state index is 0.186. The van der Waals surface area contributed by atoms with Crippen molar-refractivity contribution in [1.29, 1.82) is 0 Å². The lowest BCUT2D eigenvalue weighted by Crippen LogP contribution is -2.36. The Morgan fingerprint density at radius 1 is 1.12 bits per heavy atom. The van der Waals surface area contributed by atoms with Gasteiger partial charge in [0.15, 0.2) is 0 Å². The number of ether oxygens (including phenoxy) is 1. The molecule has 4 nitrogen and oxygen atoms in total. The molecule has 2 aromatic rings. The third-order valence-electron chi connectivity index (χ3n) is 3.79. The van der Waals surface area contributed by atoms with Gasteiger partial charge in [-0.15, -0.1) is 0 Å². The minimum Gasteiger partial charge on any atom is -0.378 e.